The summed E-state index contributed by atoms with van der Waals surface area (Å²) in [5.41, 5.74) is 3.10. The van der Waals surface area contributed by atoms with Crippen LogP contribution in [-0.2, 0) is 10.0 Å². The van der Waals surface area contributed by atoms with Crippen molar-refractivity contribution in [3.8, 4) is 0 Å². The van der Waals surface area contributed by atoms with Crippen LogP contribution < -0.4 is 10.5 Å². The first-order valence-corrected chi connectivity index (χ1v) is 9.05. The van der Waals surface area contributed by atoms with Gasteiger partial charge in [0.05, 0.1) is 4.90 Å². The average Bonchev–Trinajstić information content (AvgIpc) is 2.42. The van der Waals surface area contributed by atoms with Crippen molar-refractivity contribution in [1.82, 2.24) is 0 Å². The molecule has 6 heteroatoms. The molecule has 0 heterocycles. The maximum absolute atomic E-state index is 11.4. The van der Waals surface area contributed by atoms with Crippen LogP contribution >= 0.6 is 22.6 Å². The van der Waals surface area contributed by atoms with Crippen LogP contribution in [0.15, 0.2) is 47.4 Å². The van der Waals surface area contributed by atoms with E-state index in [1.165, 1.54) is 15.2 Å². The Kier molecular flexibility index (Phi) is 4.90. The minimum atomic E-state index is -3.67. The van der Waals surface area contributed by atoms with Gasteiger partial charge in [0.25, 0.3) is 0 Å². The predicted molar refractivity (Wildman–Crippen MR) is 93.7 cm³/mol. The lowest BCUT2D eigenvalue weighted by molar-refractivity contribution is 0.597. The molecule has 0 saturated carbocycles. The molecule has 2 rings (SSSR count). The Morgan fingerprint density at radius 3 is 2.52 bits per heavy atom. The van der Waals surface area contributed by atoms with Crippen LogP contribution in [0.25, 0.3) is 0 Å². The summed E-state index contributed by atoms with van der Waals surface area (Å²) < 4.78 is 24.0. The maximum Gasteiger partial charge on any atom is 0.238 e. The molecule has 21 heavy (non-hydrogen) atoms. The van der Waals surface area contributed by atoms with Crippen LogP contribution in [0.1, 0.15) is 24.1 Å². The van der Waals surface area contributed by atoms with Gasteiger partial charge in [-0.2, -0.15) is 0 Å². The minimum absolute atomic E-state index is 0.0230. The summed E-state index contributed by atoms with van der Waals surface area (Å²) in [6.45, 7) is 4.04. The molecule has 0 spiro atoms. The van der Waals surface area contributed by atoms with Crippen molar-refractivity contribution in [2.24, 2.45) is 5.14 Å². The Hall–Kier alpha value is -1.12. The van der Waals surface area contributed by atoms with Gasteiger partial charge in [0.2, 0.25) is 10.0 Å². The number of sulfonamides is 1. The van der Waals surface area contributed by atoms with Gasteiger partial charge >= 0.3 is 0 Å². The largest absolute Gasteiger partial charge is 0.378 e. The van der Waals surface area contributed by atoms with Crippen molar-refractivity contribution < 1.29 is 8.42 Å². The highest BCUT2D eigenvalue weighted by Gasteiger charge is 2.11. The zero-order valence-electron chi connectivity index (χ0n) is 11.8. The molecule has 2 aromatic rings. The van der Waals surface area contributed by atoms with E-state index in [-0.39, 0.29) is 10.9 Å². The number of hydrogen-bond acceptors (Lipinski definition) is 3. The van der Waals surface area contributed by atoms with Gasteiger partial charge in [0, 0.05) is 15.3 Å². The van der Waals surface area contributed by atoms with E-state index in [0.717, 1.165) is 11.3 Å². The number of rotatable bonds is 4. The van der Waals surface area contributed by atoms with Crippen molar-refractivity contribution >= 4 is 38.3 Å². The fourth-order valence-electron chi connectivity index (χ4n) is 1.98. The molecule has 0 fully saturated rings. The highest BCUT2D eigenvalue weighted by Crippen LogP contribution is 2.23. The number of aryl methyl sites for hydroxylation is 1. The van der Waals surface area contributed by atoms with Crippen molar-refractivity contribution in [2.75, 3.05) is 5.32 Å². The summed E-state index contributed by atoms with van der Waals surface area (Å²) in [5.74, 6) is 0. The van der Waals surface area contributed by atoms with Crippen LogP contribution in [0, 0.1) is 10.5 Å². The Morgan fingerprint density at radius 2 is 1.90 bits per heavy atom. The number of anilines is 1. The standard InChI is InChI=1S/C15H17IN2O2S/c1-10-6-7-13(9-15(10)16)18-11(2)12-4-3-5-14(8-12)21(17,19)20/h3-9,11,18H,1-2H3,(H2,17,19,20). The van der Waals surface area contributed by atoms with Gasteiger partial charge < -0.3 is 5.32 Å². The molecule has 1 atom stereocenters. The van der Waals surface area contributed by atoms with Crippen molar-refractivity contribution in [3.05, 3.63) is 57.2 Å². The normalized spacial score (nSPS) is 13.0. The van der Waals surface area contributed by atoms with Crippen molar-refractivity contribution in [2.45, 2.75) is 24.8 Å². The third kappa shape index (κ3) is 4.18. The topological polar surface area (TPSA) is 72.2 Å². The molecular formula is C15H17IN2O2S. The zero-order valence-corrected chi connectivity index (χ0v) is 14.8. The first-order chi connectivity index (χ1) is 9.77. The number of primary sulfonamides is 1. The molecule has 0 radical (unpaired) electrons. The highest BCUT2D eigenvalue weighted by atomic mass is 127. The van der Waals surface area contributed by atoms with Crippen LogP contribution in [0.4, 0.5) is 5.69 Å². The van der Waals surface area contributed by atoms with Crippen LogP contribution in [0.5, 0.6) is 0 Å². The summed E-state index contributed by atoms with van der Waals surface area (Å²) >= 11 is 2.29. The second-order valence-electron chi connectivity index (χ2n) is 4.95. The lowest BCUT2D eigenvalue weighted by Gasteiger charge is -2.17. The second kappa shape index (κ2) is 6.33. The Labute approximate surface area is 138 Å². The van der Waals surface area contributed by atoms with Gasteiger partial charge in [-0.05, 0) is 71.8 Å². The summed E-state index contributed by atoms with van der Waals surface area (Å²) in [5, 5.41) is 8.53. The molecule has 0 saturated heterocycles. The lowest BCUT2D eigenvalue weighted by atomic mass is 10.1. The quantitative estimate of drug-likeness (QED) is 0.751. The first-order valence-electron chi connectivity index (χ1n) is 6.43. The Balaban J connectivity index is 2.24. The number of hydrogen-bond donors (Lipinski definition) is 2. The first kappa shape index (κ1) is 16.3. The van der Waals surface area contributed by atoms with Gasteiger partial charge in [-0.1, -0.05) is 18.2 Å². The maximum atomic E-state index is 11.4. The average molecular weight is 416 g/mol. The van der Waals surface area contributed by atoms with Crippen molar-refractivity contribution in [3.63, 3.8) is 0 Å². The third-order valence-electron chi connectivity index (χ3n) is 3.24. The van der Waals surface area contributed by atoms with Crippen molar-refractivity contribution in [1.29, 1.82) is 0 Å². The molecule has 3 N–H and O–H groups in total. The fourth-order valence-corrected chi connectivity index (χ4v) is 3.06. The molecule has 2 aromatic carbocycles. The number of halogens is 1. The molecule has 0 aliphatic carbocycles. The molecule has 0 aliphatic rings. The van der Waals surface area contributed by atoms with E-state index in [1.807, 2.05) is 19.1 Å². The SMILES string of the molecule is Cc1ccc(NC(C)c2cccc(S(N)(=O)=O)c2)cc1I. The van der Waals surface area contributed by atoms with Crippen LogP contribution in [0.3, 0.4) is 0 Å². The fraction of sp³-hybridized carbons (Fsp3) is 0.200. The summed E-state index contributed by atoms with van der Waals surface area (Å²) in [6.07, 6.45) is 0. The number of nitrogens with two attached hydrogens (primary N) is 1. The molecule has 1 unspecified atom stereocenters. The van der Waals surface area contributed by atoms with Gasteiger partial charge in [0.15, 0.2) is 0 Å². The highest BCUT2D eigenvalue weighted by molar-refractivity contribution is 14.1. The number of benzene rings is 2. The van der Waals surface area contributed by atoms with E-state index in [0.29, 0.717) is 0 Å². The molecule has 0 aromatic heterocycles. The Bertz CT molecular complexity index is 760. The van der Waals surface area contributed by atoms with Crippen LogP contribution in [0.2, 0.25) is 0 Å². The van der Waals surface area contributed by atoms with E-state index in [1.54, 1.807) is 12.1 Å². The molecular weight excluding hydrogens is 399 g/mol. The minimum Gasteiger partial charge on any atom is -0.378 e. The molecule has 0 amide bonds. The van der Waals surface area contributed by atoms with Gasteiger partial charge in [0.1, 0.15) is 0 Å². The monoisotopic (exact) mass is 416 g/mol. The molecule has 0 bridgehead atoms. The van der Waals surface area contributed by atoms with E-state index in [4.69, 9.17) is 5.14 Å². The van der Waals surface area contributed by atoms with E-state index in [2.05, 4.69) is 47.0 Å². The number of nitrogens with one attached hydrogen (secondary N) is 1. The molecule has 4 nitrogen and oxygen atoms in total. The smallest absolute Gasteiger partial charge is 0.238 e. The van der Waals surface area contributed by atoms with Gasteiger partial charge in [-0.15, -0.1) is 0 Å². The van der Waals surface area contributed by atoms with E-state index in [9.17, 15) is 8.42 Å². The van der Waals surface area contributed by atoms with E-state index >= 15 is 0 Å². The Morgan fingerprint density at radius 1 is 1.19 bits per heavy atom. The zero-order chi connectivity index (χ0) is 15.6. The lowest BCUT2D eigenvalue weighted by Crippen LogP contribution is -2.13. The second-order valence-corrected chi connectivity index (χ2v) is 7.67. The predicted octanol–water partition coefficient (Wildman–Crippen LogP) is 3.42. The molecule has 112 valence electrons. The van der Waals surface area contributed by atoms with E-state index < -0.39 is 10.0 Å². The van der Waals surface area contributed by atoms with Gasteiger partial charge in [-0.25, -0.2) is 13.6 Å². The summed E-state index contributed by atoms with van der Waals surface area (Å²) in [6, 6.07) is 12.8. The third-order valence-corrected chi connectivity index (χ3v) is 5.31. The summed E-state index contributed by atoms with van der Waals surface area (Å²) in [7, 11) is -3.67. The summed E-state index contributed by atoms with van der Waals surface area (Å²) in [4.78, 5) is 0.132. The van der Waals surface area contributed by atoms with Gasteiger partial charge in [-0.3, -0.25) is 0 Å². The van der Waals surface area contributed by atoms with Crippen LogP contribution in [-0.4, -0.2) is 8.42 Å². The molecule has 0 aliphatic heterocycles.